The van der Waals surface area contributed by atoms with E-state index < -0.39 is 0 Å². The quantitative estimate of drug-likeness (QED) is 0.689. The summed E-state index contributed by atoms with van der Waals surface area (Å²) in [5.41, 5.74) is 1.40. The molecule has 12 heavy (non-hydrogen) atoms. The second-order valence-corrected chi connectivity index (χ2v) is 3.68. The lowest BCUT2D eigenvalue weighted by molar-refractivity contribution is 0.420. The van der Waals surface area contributed by atoms with Crippen LogP contribution >= 0.6 is 0 Å². The topological polar surface area (TPSA) is 25.2 Å². The molecule has 0 atom stereocenters. The first-order chi connectivity index (χ1) is 5.77. The van der Waals surface area contributed by atoms with E-state index in [9.17, 15) is 0 Å². The number of hydrogen-bond donors (Lipinski definition) is 1. The van der Waals surface area contributed by atoms with Crippen LogP contribution in [-0.2, 0) is 13.0 Å². The number of hydrogen-bond acceptors (Lipinski definition) is 2. The van der Waals surface area contributed by atoms with Crippen LogP contribution in [0.15, 0.2) is 10.5 Å². The highest BCUT2D eigenvalue weighted by atomic mass is 16.3. The van der Waals surface area contributed by atoms with Crippen LogP contribution in [-0.4, -0.2) is 6.54 Å². The van der Waals surface area contributed by atoms with Crippen molar-refractivity contribution in [3.63, 3.8) is 0 Å². The van der Waals surface area contributed by atoms with Crippen LogP contribution < -0.4 is 5.32 Å². The Hall–Kier alpha value is -0.760. The summed E-state index contributed by atoms with van der Waals surface area (Å²) in [6.45, 7) is 6.32. The zero-order valence-corrected chi connectivity index (χ0v) is 7.68. The van der Waals surface area contributed by atoms with Gasteiger partial charge in [0.25, 0.3) is 0 Å². The van der Waals surface area contributed by atoms with Crippen LogP contribution in [0.2, 0.25) is 0 Å². The lowest BCUT2D eigenvalue weighted by atomic mass is 10.1. The molecule has 0 amide bonds. The molecule has 0 saturated heterocycles. The third-order valence-electron chi connectivity index (χ3n) is 2.34. The Bertz CT molecular complexity index is 252. The van der Waals surface area contributed by atoms with Crippen molar-refractivity contribution in [1.29, 1.82) is 0 Å². The molecule has 0 saturated carbocycles. The zero-order chi connectivity index (χ0) is 8.55. The molecular weight excluding hydrogens is 150 g/mol. The van der Waals surface area contributed by atoms with Gasteiger partial charge in [-0.15, -0.1) is 0 Å². The molecule has 1 aromatic heterocycles. The molecule has 0 aromatic carbocycles. The van der Waals surface area contributed by atoms with Crippen molar-refractivity contribution < 1.29 is 4.42 Å². The van der Waals surface area contributed by atoms with E-state index in [0.717, 1.165) is 31.0 Å². The van der Waals surface area contributed by atoms with E-state index in [2.05, 4.69) is 25.2 Å². The fourth-order valence-electron chi connectivity index (χ4n) is 1.56. The Kier molecular flexibility index (Phi) is 1.93. The maximum Gasteiger partial charge on any atom is 0.121 e. The summed E-state index contributed by atoms with van der Waals surface area (Å²) in [7, 11) is 0. The Balaban J connectivity index is 2.32. The van der Waals surface area contributed by atoms with Crippen LogP contribution in [0.25, 0.3) is 0 Å². The summed E-state index contributed by atoms with van der Waals surface area (Å²) in [5, 5.41) is 3.30. The van der Waals surface area contributed by atoms with E-state index in [1.54, 1.807) is 0 Å². The third-order valence-corrected chi connectivity index (χ3v) is 2.34. The molecule has 1 aromatic rings. The molecule has 2 heteroatoms. The van der Waals surface area contributed by atoms with Gasteiger partial charge in [0.2, 0.25) is 0 Å². The fourth-order valence-corrected chi connectivity index (χ4v) is 1.56. The second kappa shape index (κ2) is 2.94. The van der Waals surface area contributed by atoms with E-state index in [0.29, 0.717) is 5.92 Å². The molecule has 2 nitrogen and oxygen atoms in total. The van der Waals surface area contributed by atoms with Gasteiger partial charge >= 0.3 is 0 Å². The predicted molar refractivity (Wildman–Crippen MR) is 48.2 cm³/mol. The summed E-state index contributed by atoms with van der Waals surface area (Å²) in [5.74, 6) is 2.78. The van der Waals surface area contributed by atoms with Gasteiger partial charge in [0, 0.05) is 5.92 Å². The van der Waals surface area contributed by atoms with Crippen molar-refractivity contribution >= 4 is 0 Å². The minimum atomic E-state index is 0.510. The number of fused-ring (bicyclic) bond motifs is 1. The first-order valence-corrected chi connectivity index (χ1v) is 4.59. The second-order valence-electron chi connectivity index (χ2n) is 3.68. The monoisotopic (exact) mass is 165 g/mol. The molecule has 0 spiro atoms. The molecule has 0 radical (unpaired) electrons. The van der Waals surface area contributed by atoms with Gasteiger partial charge < -0.3 is 9.73 Å². The molecule has 66 valence electrons. The van der Waals surface area contributed by atoms with Gasteiger partial charge in [0.15, 0.2) is 0 Å². The van der Waals surface area contributed by atoms with Crippen LogP contribution in [0, 0.1) is 0 Å². The van der Waals surface area contributed by atoms with Gasteiger partial charge in [-0.2, -0.15) is 0 Å². The van der Waals surface area contributed by atoms with Gasteiger partial charge in [-0.25, -0.2) is 0 Å². The van der Waals surface area contributed by atoms with Crippen LogP contribution in [0.3, 0.4) is 0 Å². The van der Waals surface area contributed by atoms with Gasteiger partial charge in [-0.1, -0.05) is 13.8 Å². The SMILES string of the molecule is CC(C)c1cc2c(o1)CNCC2. The maximum absolute atomic E-state index is 5.70. The number of nitrogens with one attached hydrogen (secondary N) is 1. The first-order valence-electron chi connectivity index (χ1n) is 4.59. The highest BCUT2D eigenvalue weighted by Gasteiger charge is 2.15. The van der Waals surface area contributed by atoms with Crippen molar-refractivity contribution in [2.24, 2.45) is 0 Å². The van der Waals surface area contributed by atoms with Crippen LogP contribution in [0.5, 0.6) is 0 Å². The van der Waals surface area contributed by atoms with E-state index in [-0.39, 0.29) is 0 Å². The Morgan fingerprint density at radius 2 is 2.33 bits per heavy atom. The summed E-state index contributed by atoms with van der Waals surface area (Å²) in [6, 6.07) is 2.21. The van der Waals surface area contributed by atoms with E-state index >= 15 is 0 Å². The van der Waals surface area contributed by atoms with Crippen molar-refractivity contribution in [1.82, 2.24) is 5.32 Å². The standard InChI is InChI=1S/C10H15NO/c1-7(2)9-5-8-3-4-11-6-10(8)12-9/h5,7,11H,3-4,6H2,1-2H3. The normalized spacial score (nSPS) is 16.6. The molecular formula is C10H15NO. The molecule has 0 bridgehead atoms. The van der Waals surface area contributed by atoms with Gasteiger partial charge in [0.05, 0.1) is 6.54 Å². The Morgan fingerprint density at radius 1 is 1.50 bits per heavy atom. The minimum absolute atomic E-state index is 0.510. The van der Waals surface area contributed by atoms with Gasteiger partial charge in [-0.05, 0) is 24.6 Å². The van der Waals surface area contributed by atoms with Gasteiger partial charge in [0.1, 0.15) is 11.5 Å². The largest absolute Gasteiger partial charge is 0.464 e. The average Bonchev–Trinajstić information content (AvgIpc) is 2.46. The van der Waals surface area contributed by atoms with Crippen molar-refractivity contribution in [2.45, 2.75) is 32.7 Å². The Morgan fingerprint density at radius 3 is 3.00 bits per heavy atom. The van der Waals surface area contributed by atoms with E-state index in [1.165, 1.54) is 5.56 Å². The van der Waals surface area contributed by atoms with Crippen molar-refractivity contribution in [3.05, 3.63) is 23.2 Å². The molecule has 0 fully saturated rings. The summed E-state index contributed by atoms with van der Waals surface area (Å²) < 4.78 is 5.70. The lowest BCUT2D eigenvalue weighted by Gasteiger charge is -2.09. The number of furan rings is 1. The third kappa shape index (κ3) is 1.27. The zero-order valence-electron chi connectivity index (χ0n) is 7.68. The Labute approximate surface area is 73.0 Å². The predicted octanol–water partition coefficient (Wildman–Crippen LogP) is 2.05. The molecule has 1 N–H and O–H groups in total. The van der Waals surface area contributed by atoms with E-state index in [4.69, 9.17) is 4.42 Å². The fraction of sp³-hybridized carbons (Fsp3) is 0.600. The minimum Gasteiger partial charge on any atom is -0.464 e. The molecule has 2 heterocycles. The highest BCUT2D eigenvalue weighted by molar-refractivity contribution is 5.25. The molecule has 0 aliphatic carbocycles. The molecule has 2 rings (SSSR count). The highest BCUT2D eigenvalue weighted by Crippen LogP contribution is 2.24. The van der Waals surface area contributed by atoms with Crippen molar-refractivity contribution in [3.8, 4) is 0 Å². The van der Waals surface area contributed by atoms with Gasteiger partial charge in [-0.3, -0.25) is 0 Å². The lowest BCUT2D eigenvalue weighted by Crippen LogP contribution is -2.22. The molecule has 1 aliphatic heterocycles. The van der Waals surface area contributed by atoms with Crippen LogP contribution in [0.4, 0.5) is 0 Å². The van der Waals surface area contributed by atoms with Crippen molar-refractivity contribution in [2.75, 3.05) is 6.54 Å². The molecule has 0 unspecified atom stereocenters. The maximum atomic E-state index is 5.70. The smallest absolute Gasteiger partial charge is 0.121 e. The first kappa shape index (κ1) is 7.87. The average molecular weight is 165 g/mol. The summed E-state index contributed by atoms with van der Waals surface area (Å²) in [6.07, 6.45) is 1.12. The molecule has 1 aliphatic rings. The summed E-state index contributed by atoms with van der Waals surface area (Å²) >= 11 is 0. The van der Waals surface area contributed by atoms with Crippen LogP contribution in [0.1, 0.15) is 36.8 Å². The number of rotatable bonds is 1. The summed E-state index contributed by atoms with van der Waals surface area (Å²) in [4.78, 5) is 0. The van der Waals surface area contributed by atoms with E-state index in [1.807, 2.05) is 0 Å².